The number of amides is 4. The van der Waals surface area contributed by atoms with Crippen molar-refractivity contribution in [2.24, 2.45) is 11.5 Å². The Morgan fingerprint density at radius 3 is 1.81 bits per heavy atom. The van der Waals surface area contributed by atoms with Crippen LogP contribution >= 0.6 is 11.8 Å². The predicted octanol–water partition coefficient (Wildman–Crippen LogP) is -2.63. The van der Waals surface area contributed by atoms with E-state index in [1.807, 2.05) is 0 Å². The number of carboxylic acid groups (broad SMARTS) is 2. The lowest BCUT2D eigenvalue weighted by Gasteiger charge is -2.24. The molecular formula is C17H29N5O8S. The molecule has 0 bridgehead atoms. The van der Waals surface area contributed by atoms with E-state index >= 15 is 0 Å². The molecule has 0 heterocycles. The van der Waals surface area contributed by atoms with E-state index in [1.165, 1.54) is 11.8 Å². The normalized spacial score (nSPS) is 13.4. The topological polar surface area (TPSA) is 231 Å². The van der Waals surface area contributed by atoms with Crippen LogP contribution in [0.5, 0.6) is 0 Å². The van der Waals surface area contributed by atoms with E-state index in [-0.39, 0.29) is 32.2 Å². The van der Waals surface area contributed by atoms with Crippen LogP contribution in [0.3, 0.4) is 0 Å². The number of hydrogen-bond donors (Lipinski definition) is 7. The van der Waals surface area contributed by atoms with Crippen molar-refractivity contribution in [1.29, 1.82) is 0 Å². The quantitative estimate of drug-likeness (QED) is 0.126. The molecule has 0 aromatic heterocycles. The predicted molar refractivity (Wildman–Crippen MR) is 111 cm³/mol. The van der Waals surface area contributed by atoms with E-state index in [1.54, 1.807) is 6.26 Å². The van der Waals surface area contributed by atoms with E-state index < -0.39 is 60.1 Å². The number of nitrogens with two attached hydrogens (primary N) is 2. The molecule has 0 aliphatic rings. The molecule has 0 rings (SSSR count). The van der Waals surface area contributed by atoms with Gasteiger partial charge in [-0.15, -0.1) is 0 Å². The Labute approximate surface area is 183 Å². The Morgan fingerprint density at radius 2 is 1.35 bits per heavy atom. The minimum Gasteiger partial charge on any atom is -0.481 e. The summed E-state index contributed by atoms with van der Waals surface area (Å²) in [7, 11) is 0. The number of carbonyl (C=O) groups is 6. The van der Waals surface area contributed by atoms with Gasteiger partial charge < -0.3 is 37.6 Å². The van der Waals surface area contributed by atoms with Crippen molar-refractivity contribution in [1.82, 2.24) is 16.0 Å². The zero-order valence-corrected chi connectivity index (χ0v) is 17.9. The first-order chi connectivity index (χ1) is 14.5. The zero-order chi connectivity index (χ0) is 24.0. The standard InChI is InChI=1S/C17H29N5O8S/c1-31-7-6-10(20-13(24)8-18)16(28)21-9(3-5-14(25)26)15(27)22-11(17(29)30)2-4-12(19)23/h9-11H,2-8,18H2,1H3,(H2,19,23)(H,20,24)(H,21,28)(H,22,27)(H,25,26)(H,29,30). The number of carbonyl (C=O) groups excluding carboxylic acids is 4. The molecule has 14 heteroatoms. The molecule has 0 aromatic rings. The molecule has 13 nitrogen and oxygen atoms in total. The fourth-order valence-electron chi connectivity index (χ4n) is 2.38. The van der Waals surface area contributed by atoms with Gasteiger partial charge in [0.15, 0.2) is 0 Å². The number of rotatable bonds is 16. The molecule has 0 saturated carbocycles. The Kier molecular flexibility index (Phi) is 13.6. The first-order valence-electron chi connectivity index (χ1n) is 9.33. The molecule has 9 N–H and O–H groups in total. The van der Waals surface area contributed by atoms with Crippen LogP contribution in [-0.2, 0) is 28.8 Å². The fraction of sp³-hybridized carbons (Fsp3) is 0.647. The van der Waals surface area contributed by atoms with Crippen LogP contribution in [0.4, 0.5) is 0 Å². The van der Waals surface area contributed by atoms with Gasteiger partial charge in [-0.3, -0.25) is 24.0 Å². The van der Waals surface area contributed by atoms with Gasteiger partial charge in [-0.05, 0) is 31.3 Å². The summed E-state index contributed by atoms with van der Waals surface area (Å²) < 4.78 is 0. The van der Waals surface area contributed by atoms with Gasteiger partial charge in [0, 0.05) is 12.8 Å². The lowest BCUT2D eigenvalue weighted by atomic mass is 10.1. The average Bonchev–Trinajstić information content (AvgIpc) is 2.69. The largest absolute Gasteiger partial charge is 0.481 e. The molecule has 4 amide bonds. The second-order valence-corrected chi connectivity index (χ2v) is 7.49. The van der Waals surface area contributed by atoms with E-state index in [9.17, 15) is 33.9 Å². The van der Waals surface area contributed by atoms with Crippen molar-refractivity contribution in [2.75, 3.05) is 18.6 Å². The monoisotopic (exact) mass is 463 g/mol. The van der Waals surface area contributed by atoms with Crippen LogP contribution in [0.25, 0.3) is 0 Å². The van der Waals surface area contributed by atoms with E-state index in [2.05, 4.69) is 16.0 Å². The molecule has 0 aliphatic heterocycles. The molecule has 0 radical (unpaired) electrons. The van der Waals surface area contributed by atoms with Crippen LogP contribution in [-0.4, -0.2) is 82.5 Å². The summed E-state index contributed by atoms with van der Waals surface area (Å²) >= 11 is 1.42. The number of nitrogens with one attached hydrogen (secondary N) is 3. The SMILES string of the molecule is CSCCC(NC(=O)CN)C(=O)NC(CCC(=O)O)C(=O)NC(CCC(N)=O)C(=O)O. The first kappa shape index (κ1) is 28.1. The minimum atomic E-state index is -1.46. The maximum absolute atomic E-state index is 12.6. The van der Waals surface area contributed by atoms with Crippen LogP contribution < -0.4 is 27.4 Å². The Hall–Kier alpha value is -2.87. The smallest absolute Gasteiger partial charge is 0.326 e. The van der Waals surface area contributed by atoms with Crippen LogP contribution in [0.2, 0.25) is 0 Å². The molecular weight excluding hydrogens is 434 g/mol. The van der Waals surface area contributed by atoms with Gasteiger partial charge in [-0.1, -0.05) is 0 Å². The highest BCUT2D eigenvalue weighted by Gasteiger charge is 2.29. The Balaban J connectivity index is 5.38. The van der Waals surface area contributed by atoms with Gasteiger partial charge in [-0.2, -0.15) is 11.8 Å². The molecule has 0 aliphatic carbocycles. The third kappa shape index (κ3) is 12.4. The van der Waals surface area contributed by atoms with Crippen LogP contribution in [0.1, 0.15) is 32.1 Å². The van der Waals surface area contributed by atoms with Gasteiger partial charge in [0.2, 0.25) is 23.6 Å². The third-order valence-electron chi connectivity index (χ3n) is 4.02. The van der Waals surface area contributed by atoms with Crippen molar-refractivity contribution < 1.29 is 39.0 Å². The maximum atomic E-state index is 12.6. The molecule has 0 aromatic carbocycles. The van der Waals surface area contributed by atoms with E-state index in [0.717, 1.165) is 0 Å². The number of hydrogen-bond acceptors (Lipinski definition) is 8. The molecule has 31 heavy (non-hydrogen) atoms. The van der Waals surface area contributed by atoms with Crippen molar-refractivity contribution >= 4 is 47.3 Å². The summed E-state index contributed by atoms with van der Waals surface area (Å²) in [4.78, 5) is 69.9. The molecule has 176 valence electrons. The summed E-state index contributed by atoms with van der Waals surface area (Å²) in [5.41, 5.74) is 10.2. The molecule has 0 fully saturated rings. The van der Waals surface area contributed by atoms with Gasteiger partial charge in [0.05, 0.1) is 6.54 Å². The number of carboxylic acids is 2. The molecule has 0 spiro atoms. The van der Waals surface area contributed by atoms with Crippen molar-refractivity contribution in [3.8, 4) is 0 Å². The Bertz CT molecular complexity index is 675. The van der Waals surface area contributed by atoms with E-state index in [4.69, 9.17) is 16.6 Å². The average molecular weight is 464 g/mol. The summed E-state index contributed by atoms with van der Waals surface area (Å²) in [5.74, 6) is -5.19. The molecule has 0 saturated heterocycles. The van der Waals surface area contributed by atoms with Crippen molar-refractivity contribution in [3.63, 3.8) is 0 Å². The highest BCUT2D eigenvalue weighted by molar-refractivity contribution is 7.98. The number of primary amides is 1. The van der Waals surface area contributed by atoms with Gasteiger partial charge in [0.1, 0.15) is 18.1 Å². The highest BCUT2D eigenvalue weighted by Crippen LogP contribution is 2.06. The first-order valence-corrected chi connectivity index (χ1v) is 10.7. The Morgan fingerprint density at radius 1 is 0.839 bits per heavy atom. The molecule has 3 unspecified atom stereocenters. The number of thioether (sulfide) groups is 1. The summed E-state index contributed by atoms with van der Waals surface area (Å²) in [6, 6.07) is -3.87. The second-order valence-electron chi connectivity index (χ2n) is 6.50. The zero-order valence-electron chi connectivity index (χ0n) is 17.1. The minimum absolute atomic E-state index is 0.225. The van der Waals surface area contributed by atoms with Gasteiger partial charge in [-0.25, -0.2) is 4.79 Å². The lowest BCUT2D eigenvalue weighted by Crippen LogP contribution is -2.56. The molecule has 3 atom stereocenters. The highest BCUT2D eigenvalue weighted by atomic mass is 32.2. The fourth-order valence-corrected chi connectivity index (χ4v) is 2.85. The summed E-state index contributed by atoms with van der Waals surface area (Å²) in [6.45, 7) is -0.355. The van der Waals surface area contributed by atoms with Crippen LogP contribution in [0, 0.1) is 0 Å². The summed E-state index contributed by atoms with van der Waals surface area (Å²) in [6.07, 6.45) is 0.630. The van der Waals surface area contributed by atoms with Gasteiger partial charge in [0.25, 0.3) is 0 Å². The maximum Gasteiger partial charge on any atom is 0.326 e. The third-order valence-corrected chi connectivity index (χ3v) is 4.67. The van der Waals surface area contributed by atoms with Crippen molar-refractivity contribution in [3.05, 3.63) is 0 Å². The van der Waals surface area contributed by atoms with Crippen LogP contribution in [0.15, 0.2) is 0 Å². The second kappa shape index (κ2) is 15.0. The van der Waals surface area contributed by atoms with Gasteiger partial charge >= 0.3 is 11.9 Å². The summed E-state index contributed by atoms with van der Waals surface area (Å²) in [5, 5.41) is 25.1. The lowest BCUT2D eigenvalue weighted by molar-refractivity contribution is -0.143. The number of aliphatic carboxylic acids is 2. The van der Waals surface area contributed by atoms with Crippen molar-refractivity contribution in [2.45, 2.75) is 50.2 Å². The van der Waals surface area contributed by atoms with E-state index in [0.29, 0.717) is 5.75 Å².